The molecule has 0 radical (unpaired) electrons. The van der Waals surface area contributed by atoms with Crippen molar-refractivity contribution in [3.63, 3.8) is 0 Å². The van der Waals surface area contributed by atoms with Crippen LogP contribution in [-0.4, -0.2) is 12.6 Å². The summed E-state index contributed by atoms with van der Waals surface area (Å²) in [6.45, 7) is 1.84. The molecule has 0 aliphatic carbocycles. The van der Waals surface area contributed by atoms with Crippen molar-refractivity contribution in [1.29, 1.82) is 0 Å². The highest BCUT2D eigenvalue weighted by atomic mass is 19.2. The van der Waals surface area contributed by atoms with Crippen LogP contribution in [0.25, 0.3) is 0 Å². The van der Waals surface area contributed by atoms with Gasteiger partial charge < -0.3 is 10.5 Å². The molecule has 0 atom stereocenters. The zero-order valence-electron chi connectivity index (χ0n) is 8.22. The first-order valence-electron chi connectivity index (χ1n) is 4.44. The van der Waals surface area contributed by atoms with Crippen LogP contribution >= 0.6 is 0 Å². The molecule has 0 amide bonds. The molecule has 0 saturated carbocycles. The monoisotopic (exact) mass is 215 g/mol. The van der Waals surface area contributed by atoms with Crippen molar-refractivity contribution in [1.82, 2.24) is 0 Å². The fraction of sp³-hybridized carbons (Fsp3) is 0.300. The van der Waals surface area contributed by atoms with Crippen molar-refractivity contribution in [2.75, 3.05) is 12.3 Å². The van der Waals surface area contributed by atoms with E-state index in [4.69, 9.17) is 5.73 Å². The highest BCUT2D eigenvalue weighted by molar-refractivity contribution is 5.72. The molecule has 0 aliphatic heterocycles. The SMILES string of the molecule is CCOC(=O)Cc1ccc(N)c(F)c1F. The van der Waals surface area contributed by atoms with Crippen molar-refractivity contribution in [3.8, 4) is 0 Å². The second-order valence-corrected chi connectivity index (χ2v) is 2.92. The molecule has 0 fully saturated rings. The van der Waals surface area contributed by atoms with Crippen LogP contribution in [0.1, 0.15) is 12.5 Å². The summed E-state index contributed by atoms with van der Waals surface area (Å²) in [5, 5.41) is 0. The van der Waals surface area contributed by atoms with Crippen LogP contribution in [0, 0.1) is 11.6 Å². The number of anilines is 1. The minimum atomic E-state index is -1.13. The molecule has 5 heteroatoms. The maximum Gasteiger partial charge on any atom is 0.310 e. The van der Waals surface area contributed by atoms with Crippen molar-refractivity contribution in [2.24, 2.45) is 0 Å². The molecule has 0 saturated heterocycles. The maximum absolute atomic E-state index is 13.2. The van der Waals surface area contributed by atoms with E-state index in [0.717, 1.165) is 0 Å². The van der Waals surface area contributed by atoms with E-state index in [1.165, 1.54) is 12.1 Å². The summed E-state index contributed by atoms with van der Waals surface area (Å²) in [5.41, 5.74) is 4.81. The second kappa shape index (κ2) is 4.72. The number of esters is 1. The van der Waals surface area contributed by atoms with Gasteiger partial charge in [0.05, 0.1) is 18.7 Å². The van der Waals surface area contributed by atoms with E-state index in [2.05, 4.69) is 4.74 Å². The lowest BCUT2D eigenvalue weighted by Crippen LogP contribution is -2.10. The molecule has 1 aromatic carbocycles. The molecule has 0 heterocycles. The van der Waals surface area contributed by atoms with Gasteiger partial charge in [-0.15, -0.1) is 0 Å². The van der Waals surface area contributed by atoms with Gasteiger partial charge in [0.15, 0.2) is 11.6 Å². The minimum Gasteiger partial charge on any atom is -0.466 e. The van der Waals surface area contributed by atoms with Gasteiger partial charge in [-0.25, -0.2) is 8.78 Å². The van der Waals surface area contributed by atoms with E-state index >= 15 is 0 Å². The Morgan fingerprint density at radius 1 is 1.40 bits per heavy atom. The van der Waals surface area contributed by atoms with Crippen LogP contribution < -0.4 is 5.73 Å². The van der Waals surface area contributed by atoms with Crippen molar-refractivity contribution in [3.05, 3.63) is 29.3 Å². The Morgan fingerprint density at radius 3 is 2.67 bits per heavy atom. The minimum absolute atomic E-state index is 0.0554. The summed E-state index contributed by atoms with van der Waals surface area (Å²) in [4.78, 5) is 11.0. The second-order valence-electron chi connectivity index (χ2n) is 2.92. The number of nitrogens with two attached hydrogens (primary N) is 1. The fourth-order valence-electron chi connectivity index (χ4n) is 1.11. The molecule has 2 N–H and O–H groups in total. The molecule has 0 aliphatic rings. The highest BCUT2D eigenvalue weighted by Gasteiger charge is 2.14. The third kappa shape index (κ3) is 2.65. The molecule has 0 aromatic heterocycles. The molecule has 3 nitrogen and oxygen atoms in total. The van der Waals surface area contributed by atoms with Crippen molar-refractivity contribution in [2.45, 2.75) is 13.3 Å². The summed E-state index contributed by atoms with van der Waals surface area (Å²) in [7, 11) is 0. The van der Waals surface area contributed by atoms with Crippen LogP contribution in [0.4, 0.5) is 14.5 Å². The molecule has 15 heavy (non-hydrogen) atoms. The van der Waals surface area contributed by atoms with Crippen LogP contribution in [0.2, 0.25) is 0 Å². The molecule has 0 spiro atoms. The van der Waals surface area contributed by atoms with Crippen molar-refractivity contribution < 1.29 is 18.3 Å². The van der Waals surface area contributed by atoms with Gasteiger partial charge >= 0.3 is 5.97 Å². The van der Waals surface area contributed by atoms with Crippen LogP contribution in [0.15, 0.2) is 12.1 Å². The number of carbonyl (C=O) groups is 1. The largest absolute Gasteiger partial charge is 0.466 e. The number of carbonyl (C=O) groups excluding carboxylic acids is 1. The molecular weight excluding hydrogens is 204 g/mol. The van der Waals surface area contributed by atoms with Gasteiger partial charge in [0.2, 0.25) is 0 Å². The number of benzene rings is 1. The smallest absolute Gasteiger partial charge is 0.310 e. The van der Waals surface area contributed by atoms with E-state index in [0.29, 0.717) is 0 Å². The first-order chi connectivity index (χ1) is 7.06. The molecule has 0 bridgehead atoms. The van der Waals surface area contributed by atoms with Gasteiger partial charge in [-0.3, -0.25) is 4.79 Å². The summed E-state index contributed by atoms with van der Waals surface area (Å²) in [6, 6.07) is 2.48. The Kier molecular flexibility index (Phi) is 3.60. The molecule has 0 unspecified atom stereocenters. The predicted molar refractivity (Wildman–Crippen MR) is 51.1 cm³/mol. The molecule has 1 rings (SSSR count). The zero-order valence-corrected chi connectivity index (χ0v) is 8.22. The van der Waals surface area contributed by atoms with E-state index in [1.807, 2.05) is 0 Å². The first-order valence-corrected chi connectivity index (χ1v) is 4.44. The maximum atomic E-state index is 13.2. The van der Waals surface area contributed by atoms with E-state index in [-0.39, 0.29) is 24.3 Å². The quantitative estimate of drug-likeness (QED) is 0.616. The third-order valence-corrected chi connectivity index (χ3v) is 1.83. The van der Waals surface area contributed by atoms with Gasteiger partial charge in [-0.1, -0.05) is 6.07 Å². The summed E-state index contributed by atoms with van der Waals surface area (Å²) in [6.07, 6.45) is -0.295. The summed E-state index contributed by atoms with van der Waals surface area (Å²) in [5.74, 6) is -2.82. The molecular formula is C10H11F2NO2. The average molecular weight is 215 g/mol. The Morgan fingerprint density at radius 2 is 2.07 bits per heavy atom. The first kappa shape index (κ1) is 11.4. The number of ether oxygens (including phenoxy) is 1. The molecule has 82 valence electrons. The lowest BCUT2D eigenvalue weighted by molar-refractivity contribution is -0.142. The van der Waals surface area contributed by atoms with Gasteiger partial charge in [0, 0.05) is 5.56 Å². The van der Waals surface area contributed by atoms with E-state index < -0.39 is 17.6 Å². The van der Waals surface area contributed by atoms with Gasteiger partial charge in [0.1, 0.15) is 0 Å². The third-order valence-electron chi connectivity index (χ3n) is 1.83. The topological polar surface area (TPSA) is 52.3 Å². The van der Waals surface area contributed by atoms with Crippen LogP contribution in [0.5, 0.6) is 0 Å². The standard InChI is InChI=1S/C10H11F2NO2/c1-2-15-8(14)5-6-3-4-7(13)10(12)9(6)11/h3-4H,2,5,13H2,1H3. The number of hydrogen-bond acceptors (Lipinski definition) is 3. The van der Waals surface area contributed by atoms with Gasteiger partial charge in [-0.2, -0.15) is 0 Å². The Bertz CT molecular complexity index is 380. The number of halogens is 2. The highest BCUT2D eigenvalue weighted by Crippen LogP contribution is 2.18. The Hall–Kier alpha value is -1.65. The van der Waals surface area contributed by atoms with Gasteiger partial charge in [0.25, 0.3) is 0 Å². The lowest BCUT2D eigenvalue weighted by atomic mass is 10.1. The molecule has 1 aromatic rings. The van der Waals surface area contributed by atoms with Crippen LogP contribution in [0.3, 0.4) is 0 Å². The summed E-state index contributed by atoms with van der Waals surface area (Å²) < 4.78 is 30.8. The van der Waals surface area contributed by atoms with Crippen LogP contribution in [-0.2, 0) is 16.0 Å². The number of nitrogen functional groups attached to an aromatic ring is 1. The normalized spacial score (nSPS) is 10.1. The average Bonchev–Trinajstić information content (AvgIpc) is 2.20. The van der Waals surface area contributed by atoms with Gasteiger partial charge in [-0.05, 0) is 13.0 Å². The number of hydrogen-bond donors (Lipinski definition) is 1. The summed E-state index contributed by atoms with van der Waals surface area (Å²) >= 11 is 0. The Balaban J connectivity index is 2.87. The van der Waals surface area contributed by atoms with E-state index in [9.17, 15) is 13.6 Å². The fourth-order valence-corrected chi connectivity index (χ4v) is 1.11. The predicted octanol–water partition coefficient (Wildman–Crippen LogP) is 1.65. The number of rotatable bonds is 3. The Labute approximate surface area is 85.8 Å². The van der Waals surface area contributed by atoms with E-state index in [1.54, 1.807) is 6.92 Å². The van der Waals surface area contributed by atoms with Crippen molar-refractivity contribution >= 4 is 11.7 Å². The zero-order chi connectivity index (χ0) is 11.4. The lowest BCUT2D eigenvalue weighted by Gasteiger charge is -2.05.